The molecule has 0 heterocycles. The van der Waals surface area contributed by atoms with E-state index in [0.29, 0.717) is 31.6 Å². The van der Waals surface area contributed by atoms with Crippen molar-refractivity contribution in [1.29, 1.82) is 0 Å². The molecule has 5 atom stereocenters. The number of phosphoric ester groups is 2. The summed E-state index contributed by atoms with van der Waals surface area (Å²) in [7, 11) is -9.91. The van der Waals surface area contributed by atoms with E-state index in [-0.39, 0.29) is 25.7 Å². The fourth-order valence-electron chi connectivity index (χ4n) is 11.4. The number of phosphoric acid groups is 2. The number of esters is 4. The lowest BCUT2D eigenvalue weighted by Crippen LogP contribution is -2.30. The van der Waals surface area contributed by atoms with Crippen molar-refractivity contribution in [1.82, 2.24) is 0 Å². The quantitative estimate of drug-likeness (QED) is 0.0222. The van der Waals surface area contributed by atoms with Crippen molar-refractivity contribution in [3.8, 4) is 0 Å². The van der Waals surface area contributed by atoms with E-state index in [1.807, 2.05) is 0 Å². The number of hydrogen-bond acceptors (Lipinski definition) is 15. The zero-order valence-electron chi connectivity index (χ0n) is 61.6. The third kappa shape index (κ3) is 68.6. The molecule has 3 N–H and O–H groups in total. The number of hydrogen-bond donors (Lipinski definition) is 3. The van der Waals surface area contributed by atoms with Gasteiger partial charge >= 0.3 is 39.5 Å². The first-order valence-electron chi connectivity index (χ1n) is 38.7. The zero-order chi connectivity index (χ0) is 69.6. The van der Waals surface area contributed by atoms with Crippen LogP contribution in [0.5, 0.6) is 0 Å². The monoisotopic (exact) mass is 1380 g/mol. The number of unbranched alkanes of at least 4 members (excludes halogenated alkanes) is 38. The minimum absolute atomic E-state index is 0.103. The smallest absolute Gasteiger partial charge is 0.462 e. The summed E-state index contributed by atoms with van der Waals surface area (Å²) in [4.78, 5) is 72.7. The van der Waals surface area contributed by atoms with Gasteiger partial charge in [0.15, 0.2) is 12.2 Å². The Morgan fingerprint density at radius 1 is 0.266 bits per heavy atom. The van der Waals surface area contributed by atoms with Crippen LogP contribution in [0.3, 0.4) is 0 Å². The van der Waals surface area contributed by atoms with Crippen LogP contribution in [0.2, 0.25) is 0 Å². The van der Waals surface area contributed by atoms with Crippen LogP contribution in [0.1, 0.15) is 376 Å². The van der Waals surface area contributed by atoms with Gasteiger partial charge in [-0.15, -0.1) is 0 Å². The largest absolute Gasteiger partial charge is 0.472 e. The van der Waals surface area contributed by atoms with Gasteiger partial charge in [0.2, 0.25) is 0 Å². The lowest BCUT2D eigenvalue weighted by Gasteiger charge is -2.21. The molecule has 17 nitrogen and oxygen atoms in total. The van der Waals surface area contributed by atoms with Gasteiger partial charge in [0.1, 0.15) is 19.3 Å². The molecule has 0 aliphatic carbocycles. The van der Waals surface area contributed by atoms with Gasteiger partial charge < -0.3 is 33.8 Å². The van der Waals surface area contributed by atoms with Crippen molar-refractivity contribution in [2.45, 2.75) is 395 Å². The Bertz CT molecular complexity index is 1850. The maximum atomic E-state index is 13.0. The predicted molar refractivity (Wildman–Crippen MR) is 381 cm³/mol. The highest BCUT2D eigenvalue weighted by Gasteiger charge is 2.30. The van der Waals surface area contributed by atoms with E-state index < -0.39 is 97.5 Å². The van der Waals surface area contributed by atoms with E-state index in [2.05, 4.69) is 55.4 Å². The van der Waals surface area contributed by atoms with E-state index in [1.54, 1.807) is 0 Å². The van der Waals surface area contributed by atoms with Gasteiger partial charge in [-0.3, -0.25) is 37.3 Å². The Morgan fingerprint density at radius 3 is 0.660 bits per heavy atom. The van der Waals surface area contributed by atoms with Crippen molar-refractivity contribution >= 4 is 39.5 Å². The van der Waals surface area contributed by atoms with Gasteiger partial charge in [-0.1, -0.05) is 325 Å². The molecule has 0 saturated carbocycles. The molecule has 0 aliphatic rings. The average Bonchev–Trinajstić information content (AvgIpc) is 1.75. The second-order valence-electron chi connectivity index (χ2n) is 28.9. The molecule has 0 fully saturated rings. The van der Waals surface area contributed by atoms with Crippen LogP contribution in [-0.4, -0.2) is 96.7 Å². The molecule has 0 amide bonds. The lowest BCUT2D eigenvalue weighted by molar-refractivity contribution is -0.161. The summed E-state index contributed by atoms with van der Waals surface area (Å²) in [5.74, 6) is 0.855. The Balaban J connectivity index is 5.15. The molecule has 19 heteroatoms. The number of carbonyl (C=O) groups excluding carboxylic acids is 4. The molecule has 0 aromatic rings. The number of carbonyl (C=O) groups is 4. The average molecular weight is 1380 g/mol. The number of rotatable bonds is 72. The first kappa shape index (κ1) is 92.1. The summed E-state index contributed by atoms with van der Waals surface area (Å²) >= 11 is 0. The van der Waals surface area contributed by atoms with Crippen molar-refractivity contribution in [3.05, 3.63) is 0 Å². The first-order valence-corrected chi connectivity index (χ1v) is 41.7. The molecule has 0 aliphatic heterocycles. The summed E-state index contributed by atoms with van der Waals surface area (Å²) in [6.07, 6.45) is 48.9. The summed E-state index contributed by atoms with van der Waals surface area (Å²) in [5.41, 5.74) is 0. The van der Waals surface area contributed by atoms with Gasteiger partial charge in [-0.2, -0.15) is 0 Å². The third-order valence-electron chi connectivity index (χ3n) is 17.3. The van der Waals surface area contributed by atoms with E-state index in [0.717, 1.165) is 108 Å². The van der Waals surface area contributed by atoms with Crippen LogP contribution in [0.25, 0.3) is 0 Å². The topological polar surface area (TPSA) is 237 Å². The maximum Gasteiger partial charge on any atom is 0.472 e. The Kier molecular flexibility index (Phi) is 63.1. The van der Waals surface area contributed by atoms with Crippen molar-refractivity contribution in [2.24, 2.45) is 23.7 Å². The van der Waals surface area contributed by atoms with Gasteiger partial charge in [-0.25, -0.2) is 9.13 Å². The minimum atomic E-state index is -4.95. The highest BCUT2D eigenvalue weighted by Crippen LogP contribution is 2.45. The summed E-state index contributed by atoms with van der Waals surface area (Å²) in [6.45, 7) is 14.1. The summed E-state index contributed by atoms with van der Waals surface area (Å²) in [5, 5.41) is 10.6. The van der Waals surface area contributed by atoms with Crippen LogP contribution in [0, 0.1) is 23.7 Å². The molecule has 0 rings (SSSR count). The molecular formula is C75H146O17P2. The number of ether oxygens (including phenoxy) is 4. The minimum Gasteiger partial charge on any atom is -0.462 e. The van der Waals surface area contributed by atoms with Crippen LogP contribution in [-0.2, 0) is 65.4 Å². The van der Waals surface area contributed by atoms with Crippen LogP contribution >= 0.6 is 15.6 Å². The summed E-state index contributed by atoms with van der Waals surface area (Å²) < 4.78 is 68.4. The Morgan fingerprint density at radius 2 is 0.447 bits per heavy atom. The van der Waals surface area contributed by atoms with Crippen LogP contribution in [0.15, 0.2) is 0 Å². The van der Waals surface area contributed by atoms with E-state index >= 15 is 0 Å². The molecule has 94 heavy (non-hydrogen) atoms. The van der Waals surface area contributed by atoms with E-state index in [4.69, 9.17) is 37.0 Å². The maximum absolute atomic E-state index is 13.0. The molecule has 0 aromatic heterocycles. The second-order valence-corrected chi connectivity index (χ2v) is 31.9. The SMILES string of the molecule is CC(C)CCCCCCCCCCCCCCCCCCCCC(=O)OC[C@H](COP(=O)(O)OCC(O)COP(=O)(O)OC[C@@H](COC(=O)CCCCCCCCCCC(C)C)OC(=O)CCCCCCCCCCCC(C)C)OC(=O)CCCCCCCCCC(C)C. The van der Waals surface area contributed by atoms with Crippen molar-refractivity contribution in [3.63, 3.8) is 0 Å². The number of aliphatic hydroxyl groups is 1. The first-order chi connectivity index (χ1) is 45.1. The van der Waals surface area contributed by atoms with E-state index in [9.17, 15) is 43.2 Å². The predicted octanol–water partition coefficient (Wildman–Crippen LogP) is 21.7. The fraction of sp³-hybridized carbons (Fsp3) is 0.947. The lowest BCUT2D eigenvalue weighted by atomic mass is 10.0. The van der Waals surface area contributed by atoms with Gasteiger partial charge in [0.25, 0.3) is 0 Å². The Hall–Kier alpha value is -1.94. The second kappa shape index (κ2) is 64.4. The third-order valence-corrected chi connectivity index (χ3v) is 19.2. The molecule has 0 spiro atoms. The highest BCUT2D eigenvalue weighted by atomic mass is 31.2. The van der Waals surface area contributed by atoms with Gasteiger partial charge in [0, 0.05) is 25.7 Å². The molecule has 0 bridgehead atoms. The highest BCUT2D eigenvalue weighted by molar-refractivity contribution is 7.47. The zero-order valence-corrected chi connectivity index (χ0v) is 63.4. The van der Waals surface area contributed by atoms with E-state index in [1.165, 1.54) is 180 Å². The molecule has 558 valence electrons. The van der Waals surface area contributed by atoms with Crippen molar-refractivity contribution < 1.29 is 80.2 Å². The van der Waals surface area contributed by atoms with Gasteiger partial charge in [0.05, 0.1) is 26.4 Å². The van der Waals surface area contributed by atoms with Crippen molar-refractivity contribution in [2.75, 3.05) is 39.6 Å². The summed E-state index contributed by atoms with van der Waals surface area (Å²) in [6, 6.07) is 0. The standard InChI is InChI=1S/C75H146O17P2/c1-65(2)51-43-35-27-20-17-15-13-11-9-10-12-14-16-18-22-31-39-47-55-72(77)85-62-71(92-75(80)58-50-42-34-26-30-38-46-54-68(7)8)64-90-94(83,84)88-60-69(76)59-87-93(81,82)89-63-70(61-86-73(78)56-48-40-32-25-24-29-37-45-53-67(5)6)91-74(79)57-49-41-33-23-19-21-28-36-44-52-66(3)4/h65-71,76H,9-64H2,1-8H3,(H,81,82)(H,83,84)/t69?,70-,71-/m1/s1. The molecule has 0 saturated heterocycles. The normalized spacial score (nSPS) is 14.2. The fourth-order valence-corrected chi connectivity index (χ4v) is 13.0. The van der Waals surface area contributed by atoms with Crippen LogP contribution in [0.4, 0.5) is 0 Å². The molecule has 0 aromatic carbocycles. The molecule has 0 radical (unpaired) electrons. The van der Waals surface area contributed by atoms with Gasteiger partial charge in [-0.05, 0) is 49.4 Å². The molecular weight excluding hydrogens is 1230 g/mol. The van der Waals surface area contributed by atoms with Crippen LogP contribution < -0.4 is 0 Å². The molecule has 3 unspecified atom stereocenters. The Labute approximate surface area is 575 Å². The number of aliphatic hydroxyl groups excluding tert-OH is 1.